The molecule has 140 valence electrons. The van der Waals surface area contributed by atoms with Gasteiger partial charge in [-0.05, 0) is 24.1 Å². The predicted octanol–water partition coefficient (Wildman–Crippen LogP) is 2.51. The Kier molecular flexibility index (Phi) is 5.42. The van der Waals surface area contributed by atoms with E-state index < -0.39 is 16.1 Å². The molecule has 1 heterocycles. The summed E-state index contributed by atoms with van der Waals surface area (Å²) in [5.74, 6) is -1.25. The molecule has 0 spiro atoms. The average Bonchev–Trinajstić information content (AvgIpc) is 2.99. The quantitative estimate of drug-likeness (QED) is 0.359. The third kappa shape index (κ3) is 3.72. The molecule has 0 radical (unpaired) electrons. The third-order valence-corrected chi connectivity index (χ3v) is 5.34. The minimum absolute atomic E-state index is 0.0709. The van der Waals surface area contributed by atoms with E-state index in [4.69, 9.17) is 5.73 Å². The lowest BCUT2D eigenvalue weighted by Crippen LogP contribution is -2.31. The summed E-state index contributed by atoms with van der Waals surface area (Å²) >= 11 is 1.05. The summed E-state index contributed by atoms with van der Waals surface area (Å²) in [6.45, 7) is 0. The van der Waals surface area contributed by atoms with Crippen molar-refractivity contribution in [1.29, 1.82) is 5.26 Å². The zero-order valence-electron chi connectivity index (χ0n) is 14.4. The number of carbonyl (C=O) groups is 2. The number of hydrogen-bond acceptors (Lipinski definition) is 6. The molecule has 2 aromatic rings. The molecule has 1 aliphatic heterocycles. The largest absolute Gasteiger partial charge is 0.365 e. The van der Waals surface area contributed by atoms with Gasteiger partial charge in [-0.1, -0.05) is 42.1 Å². The summed E-state index contributed by atoms with van der Waals surface area (Å²) in [6.07, 6.45) is 0.204. The Balaban J connectivity index is 2.00. The number of nitriles is 1. The summed E-state index contributed by atoms with van der Waals surface area (Å²) in [4.78, 5) is 36.5. The number of thioether (sulfide) groups is 1. The Bertz CT molecular complexity index is 1030. The molecule has 1 saturated heterocycles. The Morgan fingerprint density at radius 1 is 1.25 bits per heavy atom. The minimum Gasteiger partial charge on any atom is -0.365 e. The lowest BCUT2D eigenvalue weighted by molar-refractivity contribution is -0.384. The van der Waals surface area contributed by atoms with Gasteiger partial charge in [0.25, 0.3) is 11.6 Å². The van der Waals surface area contributed by atoms with Gasteiger partial charge in [-0.15, -0.1) is 0 Å². The minimum atomic E-state index is -0.922. The van der Waals surface area contributed by atoms with E-state index in [1.54, 1.807) is 48.5 Å². The van der Waals surface area contributed by atoms with E-state index in [0.29, 0.717) is 11.3 Å². The normalized spacial score (nSPS) is 17.9. The van der Waals surface area contributed by atoms with E-state index in [1.165, 1.54) is 17.0 Å². The number of hydrogen-bond donors (Lipinski definition) is 1. The molecule has 0 unspecified atom stereocenters. The van der Waals surface area contributed by atoms with E-state index >= 15 is 0 Å². The monoisotopic (exact) mass is 394 g/mol. The number of nitro benzene ring substituents is 1. The van der Waals surface area contributed by atoms with Gasteiger partial charge >= 0.3 is 0 Å². The molecule has 0 saturated carbocycles. The van der Waals surface area contributed by atoms with E-state index in [0.717, 1.165) is 11.8 Å². The molecule has 8 nitrogen and oxygen atoms in total. The van der Waals surface area contributed by atoms with Crippen molar-refractivity contribution in [2.45, 2.75) is 11.7 Å². The fourth-order valence-corrected chi connectivity index (χ4v) is 4.14. The maximum Gasteiger partial charge on any atom is 0.269 e. The van der Waals surface area contributed by atoms with Crippen molar-refractivity contribution in [3.63, 3.8) is 0 Å². The van der Waals surface area contributed by atoms with Gasteiger partial charge in [-0.2, -0.15) is 5.26 Å². The number of primary amides is 1. The molecular weight excluding hydrogens is 380 g/mol. The van der Waals surface area contributed by atoms with Gasteiger partial charge in [0.1, 0.15) is 16.7 Å². The molecule has 9 heteroatoms. The number of non-ortho nitro benzene ring substituents is 1. The zero-order chi connectivity index (χ0) is 20.3. The number of rotatable bonds is 5. The molecule has 2 N–H and O–H groups in total. The average molecular weight is 394 g/mol. The molecule has 1 fully saturated rings. The molecule has 0 aromatic heterocycles. The lowest BCUT2D eigenvalue weighted by atomic mass is 10.1. The number of amides is 2. The third-order valence-electron chi connectivity index (χ3n) is 4.08. The summed E-state index contributed by atoms with van der Waals surface area (Å²) < 4.78 is 0. The van der Waals surface area contributed by atoms with Crippen molar-refractivity contribution in [2.75, 3.05) is 4.90 Å². The highest BCUT2D eigenvalue weighted by Gasteiger charge is 2.40. The molecule has 1 aliphatic rings. The Morgan fingerprint density at radius 3 is 2.57 bits per heavy atom. The number of carbonyl (C=O) groups excluding carboxylic acids is 2. The second kappa shape index (κ2) is 7.94. The molecular formula is C19H14N4O4S. The van der Waals surface area contributed by atoms with Crippen LogP contribution in [0.2, 0.25) is 0 Å². The van der Waals surface area contributed by atoms with Gasteiger partial charge < -0.3 is 5.73 Å². The SMILES string of the molecule is N#C/C(C(N)=O)=C1/S[C@H](Cc2cccc([N+](=O)[O-])c2)C(=O)N1c1ccccc1. The smallest absolute Gasteiger partial charge is 0.269 e. The van der Waals surface area contributed by atoms with E-state index in [1.807, 2.05) is 0 Å². The summed E-state index contributed by atoms with van der Waals surface area (Å²) in [7, 11) is 0. The van der Waals surface area contributed by atoms with Crippen molar-refractivity contribution < 1.29 is 14.5 Å². The summed E-state index contributed by atoms with van der Waals surface area (Å²) in [5.41, 5.74) is 6.05. The van der Waals surface area contributed by atoms with Gasteiger partial charge in [0.15, 0.2) is 0 Å². The van der Waals surface area contributed by atoms with E-state index in [9.17, 15) is 25.0 Å². The van der Waals surface area contributed by atoms with Crippen LogP contribution in [0.5, 0.6) is 0 Å². The predicted molar refractivity (Wildman–Crippen MR) is 104 cm³/mol. The van der Waals surface area contributed by atoms with Crippen LogP contribution in [-0.2, 0) is 16.0 Å². The van der Waals surface area contributed by atoms with Gasteiger partial charge in [0.2, 0.25) is 5.91 Å². The first-order valence-electron chi connectivity index (χ1n) is 8.15. The van der Waals surface area contributed by atoms with Crippen molar-refractivity contribution in [1.82, 2.24) is 0 Å². The van der Waals surface area contributed by atoms with Crippen LogP contribution in [-0.4, -0.2) is 22.0 Å². The number of anilines is 1. The maximum absolute atomic E-state index is 13.1. The highest BCUT2D eigenvalue weighted by molar-refractivity contribution is 8.05. The fraction of sp³-hybridized carbons (Fsp3) is 0.105. The van der Waals surface area contributed by atoms with E-state index in [2.05, 4.69) is 0 Å². The molecule has 3 rings (SSSR count). The second-order valence-electron chi connectivity index (χ2n) is 5.90. The van der Waals surface area contributed by atoms with E-state index in [-0.39, 0.29) is 28.6 Å². The lowest BCUT2D eigenvalue weighted by Gasteiger charge is -2.18. The fourth-order valence-electron chi connectivity index (χ4n) is 2.82. The number of nitro groups is 1. The zero-order valence-corrected chi connectivity index (χ0v) is 15.3. The number of benzene rings is 2. The Morgan fingerprint density at radius 2 is 1.96 bits per heavy atom. The van der Waals surface area contributed by atoms with Gasteiger partial charge in [-0.3, -0.25) is 24.6 Å². The van der Waals surface area contributed by atoms with Crippen LogP contribution in [0.1, 0.15) is 5.56 Å². The van der Waals surface area contributed by atoms with Gasteiger partial charge in [0.05, 0.1) is 10.2 Å². The first-order chi connectivity index (χ1) is 13.4. The Labute approximate surface area is 164 Å². The maximum atomic E-state index is 13.1. The van der Waals surface area contributed by atoms with Crippen LogP contribution in [0.15, 0.2) is 65.2 Å². The Hall–Kier alpha value is -3.64. The number of nitrogens with two attached hydrogens (primary N) is 1. The molecule has 2 amide bonds. The molecule has 1 atom stereocenters. The van der Waals surface area contributed by atoms with Crippen LogP contribution in [0, 0.1) is 21.4 Å². The number of para-hydroxylation sites is 1. The van der Waals surface area contributed by atoms with Crippen LogP contribution in [0.4, 0.5) is 11.4 Å². The van der Waals surface area contributed by atoms with Gasteiger partial charge in [-0.25, -0.2) is 0 Å². The van der Waals surface area contributed by atoms with Crippen LogP contribution < -0.4 is 10.6 Å². The van der Waals surface area contributed by atoms with Crippen molar-refractivity contribution in [3.05, 3.63) is 80.9 Å². The first-order valence-corrected chi connectivity index (χ1v) is 9.03. The standard InChI is InChI=1S/C19H14N4O4S/c20-11-15(17(21)24)19-22(13-6-2-1-3-7-13)18(25)16(28-19)10-12-5-4-8-14(9-12)23(26)27/h1-9,16H,10H2,(H2,21,24)/b19-15-/t16-/m1/s1. The highest BCUT2D eigenvalue weighted by atomic mass is 32.2. The first kappa shape index (κ1) is 19.1. The van der Waals surface area contributed by atoms with Crippen molar-refractivity contribution >= 4 is 35.0 Å². The molecule has 0 aliphatic carbocycles. The highest BCUT2D eigenvalue weighted by Crippen LogP contribution is 2.41. The van der Waals surface area contributed by atoms with Crippen molar-refractivity contribution in [2.24, 2.45) is 5.73 Å². The molecule has 2 aromatic carbocycles. The molecule has 0 bridgehead atoms. The topological polar surface area (TPSA) is 130 Å². The van der Waals surface area contributed by atoms with Gasteiger partial charge in [0, 0.05) is 17.8 Å². The molecule has 28 heavy (non-hydrogen) atoms. The van der Waals surface area contributed by atoms with Crippen LogP contribution in [0.3, 0.4) is 0 Å². The summed E-state index contributed by atoms with van der Waals surface area (Å²) in [6, 6.07) is 16.4. The second-order valence-corrected chi connectivity index (χ2v) is 7.09. The van der Waals surface area contributed by atoms with Crippen LogP contribution >= 0.6 is 11.8 Å². The van der Waals surface area contributed by atoms with Crippen molar-refractivity contribution in [3.8, 4) is 6.07 Å². The number of nitrogens with zero attached hydrogens (tertiary/aromatic N) is 3. The van der Waals surface area contributed by atoms with Crippen LogP contribution in [0.25, 0.3) is 0 Å². The summed E-state index contributed by atoms with van der Waals surface area (Å²) in [5, 5.41) is 19.8.